The molecule has 0 aliphatic carbocycles. The summed E-state index contributed by atoms with van der Waals surface area (Å²) in [6.07, 6.45) is 0.311. The maximum absolute atomic E-state index is 11.9. The molecule has 0 bridgehead atoms. The van der Waals surface area contributed by atoms with Gasteiger partial charge in [0.05, 0.1) is 5.92 Å². The van der Waals surface area contributed by atoms with E-state index in [1.165, 1.54) is 0 Å². The number of hydrogen-bond donors (Lipinski definition) is 2. The Morgan fingerprint density at radius 1 is 1.37 bits per heavy atom. The van der Waals surface area contributed by atoms with Crippen LogP contribution in [0.3, 0.4) is 0 Å². The molecule has 1 atom stereocenters. The number of thiol groups is 1. The van der Waals surface area contributed by atoms with Crippen LogP contribution in [0.2, 0.25) is 0 Å². The Morgan fingerprint density at radius 2 is 2.11 bits per heavy atom. The van der Waals surface area contributed by atoms with E-state index < -0.39 is 0 Å². The van der Waals surface area contributed by atoms with E-state index in [-0.39, 0.29) is 17.7 Å². The third kappa shape index (κ3) is 3.73. The molecule has 1 aliphatic rings. The second-order valence-electron chi connectivity index (χ2n) is 4.68. The lowest BCUT2D eigenvalue weighted by Crippen LogP contribution is -2.33. The van der Waals surface area contributed by atoms with Gasteiger partial charge >= 0.3 is 0 Å². The summed E-state index contributed by atoms with van der Waals surface area (Å²) in [5.41, 5.74) is 1.09. The summed E-state index contributed by atoms with van der Waals surface area (Å²) in [6.45, 7) is 1.63. The predicted octanol–water partition coefficient (Wildman–Crippen LogP) is 1.08. The Bertz CT molecular complexity index is 450. The van der Waals surface area contributed by atoms with Crippen LogP contribution in [-0.4, -0.2) is 35.6 Å². The number of rotatable bonds is 5. The standard InChI is InChI=1S/C14H18N2O2S/c17-13-8-12(14(18)15-6-7-19)10-16(13)9-11-4-2-1-3-5-11/h1-5,12,19H,6-10H2,(H,15,18). The minimum Gasteiger partial charge on any atom is -0.355 e. The molecular weight excluding hydrogens is 260 g/mol. The Labute approximate surface area is 118 Å². The van der Waals surface area contributed by atoms with Crippen molar-refractivity contribution in [2.24, 2.45) is 5.92 Å². The smallest absolute Gasteiger partial charge is 0.225 e. The van der Waals surface area contributed by atoms with Gasteiger partial charge in [-0.3, -0.25) is 9.59 Å². The lowest BCUT2D eigenvalue weighted by atomic mass is 10.1. The van der Waals surface area contributed by atoms with E-state index in [0.29, 0.717) is 31.8 Å². The molecule has 5 heteroatoms. The van der Waals surface area contributed by atoms with Crippen molar-refractivity contribution in [2.45, 2.75) is 13.0 Å². The molecule has 1 unspecified atom stereocenters. The minimum absolute atomic E-state index is 0.0436. The molecule has 1 fully saturated rings. The van der Waals surface area contributed by atoms with E-state index in [4.69, 9.17) is 0 Å². The molecule has 1 aliphatic heterocycles. The number of carbonyl (C=O) groups is 2. The third-order valence-corrected chi connectivity index (χ3v) is 3.44. The first-order chi connectivity index (χ1) is 9.20. The molecule has 1 heterocycles. The van der Waals surface area contributed by atoms with Crippen molar-refractivity contribution in [3.8, 4) is 0 Å². The summed E-state index contributed by atoms with van der Waals surface area (Å²) < 4.78 is 0. The monoisotopic (exact) mass is 278 g/mol. The highest BCUT2D eigenvalue weighted by molar-refractivity contribution is 7.80. The highest BCUT2D eigenvalue weighted by atomic mass is 32.1. The van der Waals surface area contributed by atoms with Crippen molar-refractivity contribution in [1.82, 2.24) is 10.2 Å². The van der Waals surface area contributed by atoms with Crippen LogP contribution in [0.15, 0.2) is 30.3 Å². The highest BCUT2D eigenvalue weighted by Crippen LogP contribution is 2.20. The molecule has 19 heavy (non-hydrogen) atoms. The Kier molecular flexibility index (Phi) is 4.85. The number of hydrogen-bond acceptors (Lipinski definition) is 3. The van der Waals surface area contributed by atoms with Crippen molar-refractivity contribution in [3.05, 3.63) is 35.9 Å². The topological polar surface area (TPSA) is 49.4 Å². The molecule has 2 amide bonds. The summed E-state index contributed by atoms with van der Waals surface area (Å²) in [4.78, 5) is 25.5. The van der Waals surface area contributed by atoms with Gasteiger partial charge in [-0.25, -0.2) is 0 Å². The van der Waals surface area contributed by atoms with Gasteiger partial charge in [-0.15, -0.1) is 0 Å². The van der Waals surface area contributed by atoms with Crippen molar-refractivity contribution >= 4 is 24.4 Å². The van der Waals surface area contributed by atoms with Gasteiger partial charge in [0.25, 0.3) is 0 Å². The zero-order valence-corrected chi connectivity index (χ0v) is 11.6. The number of likely N-dealkylation sites (tertiary alicyclic amines) is 1. The van der Waals surface area contributed by atoms with Crippen LogP contribution in [0, 0.1) is 5.92 Å². The lowest BCUT2D eigenvalue weighted by molar-refractivity contribution is -0.129. The van der Waals surface area contributed by atoms with Crippen LogP contribution in [-0.2, 0) is 16.1 Å². The Hall–Kier alpha value is -1.49. The van der Waals surface area contributed by atoms with Crippen molar-refractivity contribution in [2.75, 3.05) is 18.8 Å². The molecule has 0 radical (unpaired) electrons. The van der Waals surface area contributed by atoms with Crippen LogP contribution in [0.25, 0.3) is 0 Å². The molecule has 1 aromatic rings. The number of carbonyl (C=O) groups excluding carboxylic acids is 2. The summed E-state index contributed by atoms with van der Waals surface area (Å²) >= 11 is 4.05. The average molecular weight is 278 g/mol. The molecule has 4 nitrogen and oxygen atoms in total. The first-order valence-electron chi connectivity index (χ1n) is 6.41. The van der Waals surface area contributed by atoms with Crippen molar-refractivity contribution in [1.29, 1.82) is 0 Å². The van der Waals surface area contributed by atoms with Gasteiger partial charge in [-0.05, 0) is 5.56 Å². The lowest BCUT2D eigenvalue weighted by Gasteiger charge is -2.16. The van der Waals surface area contributed by atoms with E-state index in [1.807, 2.05) is 30.3 Å². The number of nitrogens with zero attached hydrogens (tertiary/aromatic N) is 1. The van der Waals surface area contributed by atoms with Crippen molar-refractivity contribution in [3.63, 3.8) is 0 Å². The van der Waals surface area contributed by atoms with Crippen LogP contribution in [0.4, 0.5) is 0 Å². The second kappa shape index (κ2) is 6.61. The van der Waals surface area contributed by atoms with E-state index in [2.05, 4.69) is 17.9 Å². The molecule has 102 valence electrons. The number of nitrogens with one attached hydrogen (secondary N) is 1. The van der Waals surface area contributed by atoms with E-state index >= 15 is 0 Å². The van der Waals surface area contributed by atoms with Gasteiger partial charge in [0.1, 0.15) is 0 Å². The number of amides is 2. The normalized spacial score (nSPS) is 18.7. The van der Waals surface area contributed by atoms with Crippen LogP contribution in [0.5, 0.6) is 0 Å². The van der Waals surface area contributed by atoms with Crippen molar-refractivity contribution < 1.29 is 9.59 Å². The molecule has 0 saturated carbocycles. The SMILES string of the molecule is O=C(NCCS)C1CC(=O)N(Cc2ccccc2)C1. The zero-order chi connectivity index (χ0) is 13.7. The van der Waals surface area contributed by atoms with Gasteiger partial charge in [-0.2, -0.15) is 12.6 Å². The zero-order valence-electron chi connectivity index (χ0n) is 10.7. The van der Waals surface area contributed by atoms with E-state index in [1.54, 1.807) is 4.90 Å². The Morgan fingerprint density at radius 3 is 2.79 bits per heavy atom. The summed E-state index contributed by atoms with van der Waals surface area (Å²) in [5, 5.41) is 2.79. The fraction of sp³-hybridized carbons (Fsp3) is 0.429. The summed E-state index contributed by atoms with van der Waals surface area (Å²) in [7, 11) is 0. The first kappa shape index (κ1) is 13.9. The van der Waals surface area contributed by atoms with Crippen LogP contribution < -0.4 is 5.32 Å². The second-order valence-corrected chi connectivity index (χ2v) is 5.12. The van der Waals surface area contributed by atoms with Gasteiger partial charge in [-0.1, -0.05) is 30.3 Å². The molecule has 0 aromatic heterocycles. The molecule has 1 saturated heterocycles. The van der Waals surface area contributed by atoms with Gasteiger partial charge < -0.3 is 10.2 Å². The first-order valence-corrected chi connectivity index (χ1v) is 7.04. The van der Waals surface area contributed by atoms with Crippen LogP contribution in [0.1, 0.15) is 12.0 Å². The summed E-state index contributed by atoms with van der Waals surface area (Å²) in [5.74, 6) is 0.393. The molecule has 1 N–H and O–H groups in total. The van der Waals surface area contributed by atoms with Gasteiger partial charge in [0, 0.05) is 31.8 Å². The van der Waals surface area contributed by atoms with Gasteiger partial charge in [0.2, 0.25) is 11.8 Å². The highest BCUT2D eigenvalue weighted by Gasteiger charge is 2.33. The molecular formula is C14H18N2O2S. The molecule has 1 aromatic carbocycles. The quantitative estimate of drug-likeness (QED) is 0.792. The molecule has 2 rings (SSSR count). The molecule has 0 spiro atoms. The minimum atomic E-state index is -0.226. The summed E-state index contributed by atoms with van der Waals surface area (Å²) in [6, 6.07) is 9.83. The maximum atomic E-state index is 11.9. The fourth-order valence-electron chi connectivity index (χ4n) is 2.23. The average Bonchev–Trinajstić information content (AvgIpc) is 2.79. The largest absolute Gasteiger partial charge is 0.355 e. The predicted molar refractivity (Wildman–Crippen MR) is 76.8 cm³/mol. The van der Waals surface area contributed by atoms with Gasteiger partial charge in [0.15, 0.2) is 0 Å². The Balaban J connectivity index is 1.91. The van der Waals surface area contributed by atoms with E-state index in [0.717, 1.165) is 5.56 Å². The fourth-order valence-corrected chi connectivity index (χ4v) is 2.34. The third-order valence-electron chi connectivity index (χ3n) is 3.21. The maximum Gasteiger partial charge on any atom is 0.225 e. The number of benzene rings is 1. The van der Waals surface area contributed by atoms with E-state index in [9.17, 15) is 9.59 Å². The van der Waals surface area contributed by atoms with Crippen LogP contribution >= 0.6 is 12.6 Å².